The molecule has 0 spiro atoms. The summed E-state index contributed by atoms with van der Waals surface area (Å²) in [5, 5.41) is 0. The molecule has 2 N–H and O–H groups in total. The van der Waals surface area contributed by atoms with Crippen LogP contribution < -0.4 is 10.5 Å². The number of benzene rings is 1. The van der Waals surface area contributed by atoms with Crippen molar-refractivity contribution in [1.82, 2.24) is 0 Å². The first-order valence-corrected chi connectivity index (χ1v) is 5.47. The van der Waals surface area contributed by atoms with Gasteiger partial charge >= 0.3 is 0 Å². The van der Waals surface area contributed by atoms with Crippen LogP contribution in [0, 0.1) is 0 Å². The van der Waals surface area contributed by atoms with Gasteiger partial charge in [0.2, 0.25) is 0 Å². The van der Waals surface area contributed by atoms with Crippen molar-refractivity contribution in [3.8, 4) is 5.75 Å². The average molecular weight is 195 g/mol. The van der Waals surface area contributed by atoms with Gasteiger partial charge in [0.15, 0.2) is 0 Å². The highest BCUT2D eigenvalue weighted by atomic mass is 32.2. The third-order valence-electron chi connectivity index (χ3n) is 2.06. The van der Waals surface area contributed by atoms with Crippen molar-refractivity contribution in [3.05, 3.63) is 24.3 Å². The number of hydrogen-bond acceptors (Lipinski definition) is 3. The Morgan fingerprint density at radius 3 is 3.15 bits per heavy atom. The van der Waals surface area contributed by atoms with Crippen LogP contribution >= 0.6 is 11.8 Å². The molecule has 1 heterocycles. The highest BCUT2D eigenvalue weighted by molar-refractivity contribution is 7.99. The molecule has 0 fully saturated rings. The molecule has 1 aromatic rings. The summed E-state index contributed by atoms with van der Waals surface area (Å²) in [4.78, 5) is 1.25. The molecule has 2 nitrogen and oxygen atoms in total. The van der Waals surface area contributed by atoms with Crippen LogP contribution in [0.4, 0.5) is 0 Å². The topological polar surface area (TPSA) is 35.2 Å². The van der Waals surface area contributed by atoms with E-state index in [-0.39, 0.29) is 0 Å². The molecule has 0 unspecified atom stereocenters. The minimum atomic E-state index is 0.296. The fourth-order valence-electron chi connectivity index (χ4n) is 1.39. The van der Waals surface area contributed by atoms with Crippen molar-refractivity contribution in [2.75, 3.05) is 12.3 Å². The first kappa shape index (κ1) is 8.91. The summed E-state index contributed by atoms with van der Waals surface area (Å²) in [7, 11) is 0. The molecule has 1 aromatic carbocycles. The highest BCUT2D eigenvalue weighted by Gasteiger charge is 2.18. The van der Waals surface area contributed by atoms with Crippen LogP contribution in [-0.2, 0) is 0 Å². The van der Waals surface area contributed by atoms with Gasteiger partial charge in [0.05, 0.1) is 0 Å². The summed E-state index contributed by atoms with van der Waals surface area (Å²) in [6, 6.07) is 8.16. The standard InChI is InChI=1S/C10H13NOS/c11-6-5-8-7-13-10-4-2-1-3-9(10)12-8/h1-4,8H,5-7,11H2/t8-/m0/s1. The Labute approximate surface area is 82.5 Å². The lowest BCUT2D eigenvalue weighted by Crippen LogP contribution is -2.25. The number of nitrogens with two attached hydrogens (primary N) is 1. The van der Waals surface area contributed by atoms with Crippen molar-refractivity contribution >= 4 is 11.8 Å². The number of hydrogen-bond donors (Lipinski definition) is 1. The summed E-state index contributed by atoms with van der Waals surface area (Å²) >= 11 is 1.86. The zero-order valence-corrected chi connectivity index (χ0v) is 8.22. The summed E-state index contributed by atoms with van der Waals surface area (Å²) in [5.41, 5.74) is 5.49. The zero-order chi connectivity index (χ0) is 9.10. The maximum absolute atomic E-state index is 5.77. The molecule has 0 aliphatic carbocycles. The van der Waals surface area contributed by atoms with Crippen molar-refractivity contribution in [3.63, 3.8) is 0 Å². The molecule has 70 valence electrons. The monoisotopic (exact) mass is 195 g/mol. The molecule has 0 saturated carbocycles. The zero-order valence-electron chi connectivity index (χ0n) is 7.40. The van der Waals surface area contributed by atoms with Crippen LogP contribution in [0.25, 0.3) is 0 Å². The van der Waals surface area contributed by atoms with Crippen molar-refractivity contribution in [2.45, 2.75) is 17.4 Å². The van der Waals surface area contributed by atoms with Crippen LogP contribution in [0.5, 0.6) is 5.75 Å². The number of fused-ring (bicyclic) bond motifs is 1. The van der Waals surface area contributed by atoms with Gasteiger partial charge in [0.25, 0.3) is 0 Å². The molecular weight excluding hydrogens is 182 g/mol. The van der Waals surface area contributed by atoms with Gasteiger partial charge in [0, 0.05) is 10.6 Å². The average Bonchev–Trinajstić information content (AvgIpc) is 2.18. The summed E-state index contributed by atoms with van der Waals surface area (Å²) < 4.78 is 5.77. The van der Waals surface area contributed by atoms with E-state index in [0.29, 0.717) is 12.6 Å². The third-order valence-corrected chi connectivity index (χ3v) is 3.24. The summed E-state index contributed by atoms with van der Waals surface area (Å²) in [5.74, 6) is 2.03. The third kappa shape index (κ3) is 1.98. The predicted octanol–water partition coefficient (Wildman–Crippen LogP) is 1.89. The molecule has 3 heteroatoms. The predicted molar refractivity (Wildman–Crippen MR) is 55.3 cm³/mol. The lowest BCUT2D eigenvalue weighted by Gasteiger charge is -2.24. The van der Waals surface area contributed by atoms with Gasteiger partial charge in [0.1, 0.15) is 11.9 Å². The van der Waals surface area contributed by atoms with E-state index >= 15 is 0 Å². The van der Waals surface area contributed by atoms with E-state index in [4.69, 9.17) is 10.5 Å². The fraction of sp³-hybridized carbons (Fsp3) is 0.400. The fourth-order valence-corrected chi connectivity index (χ4v) is 2.42. The van der Waals surface area contributed by atoms with Crippen molar-refractivity contribution in [1.29, 1.82) is 0 Å². The van der Waals surface area contributed by atoms with Gasteiger partial charge in [-0.3, -0.25) is 0 Å². The molecule has 13 heavy (non-hydrogen) atoms. The molecule has 1 aliphatic rings. The maximum Gasteiger partial charge on any atom is 0.133 e. The largest absolute Gasteiger partial charge is 0.488 e. The highest BCUT2D eigenvalue weighted by Crippen LogP contribution is 2.35. The number of thioether (sulfide) groups is 1. The first-order valence-electron chi connectivity index (χ1n) is 4.48. The lowest BCUT2D eigenvalue weighted by molar-refractivity contribution is 0.208. The first-order chi connectivity index (χ1) is 6.40. The van der Waals surface area contributed by atoms with E-state index in [2.05, 4.69) is 6.07 Å². The second-order valence-corrected chi connectivity index (χ2v) is 4.14. The van der Waals surface area contributed by atoms with Crippen LogP contribution in [0.1, 0.15) is 6.42 Å². The van der Waals surface area contributed by atoms with Crippen LogP contribution in [0.2, 0.25) is 0 Å². The minimum absolute atomic E-state index is 0.296. The number of ether oxygens (including phenoxy) is 1. The van der Waals surface area contributed by atoms with E-state index in [1.165, 1.54) is 4.90 Å². The van der Waals surface area contributed by atoms with Crippen LogP contribution in [0.3, 0.4) is 0 Å². The Morgan fingerprint density at radius 2 is 2.31 bits per heavy atom. The summed E-state index contributed by atoms with van der Waals surface area (Å²) in [6.07, 6.45) is 1.24. The van der Waals surface area contributed by atoms with Gasteiger partial charge < -0.3 is 10.5 Å². The molecule has 0 bridgehead atoms. The molecule has 0 aromatic heterocycles. The maximum atomic E-state index is 5.77. The van der Waals surface area contributed by atoms with E-state index in [1.807, 2.05) is 30.0 Å². The molecular formula is C10H13NOS. The Balaban J connectivity index is 2.11. The normalized spacial score (nSPS) is 20.5. The Kier molecular flexibility index (Phi) is 2.76. The van der Waals surface area contributed by atoms with Gasteiger partial charge in [-0.05, 0) is 25.1 Å². The molecule has 0 radical (unpaired) electrons. The van der Waals surface area contributed by atoms with Crippen LogP contribution in [0.15, 0.2) is 29.2 Å². The van der Waals surface area contributed by atoms with Crippen molar-refractivity contribution in [2.24, 2.45) is 5.73 Å². The summed E-state index contributed by atoms with van der Waals surface area (Å²) in [6.45, 7) is 0.702. The lowest BCUT2D eigenvalue weighted by atomic mass is 10.2. The van der Waals surface area contributed by atoms with E-state index in [1.54, 1.807) is 0 Å². The SMILES string of the molecule is NCC[C@H]1CSc2ccccc2O1. The second kappa shape index (κ2) is 4.03. The van der Waals surface area contributed by atoms with Crippen molar-refractivity contribution < 1.29 is 4.74 Å². The van der Waals surface area contributed by atoms with Gasteiger partial charge in [-0.1, -0.05) is 12.1 Å². The Bertz CT molecular complexity index is 290. The quantitative estimate of drug-likeness (QED) is 0.782. The smallest absolute Gasteiger partial charge is 0.133 e. The molecule has 1 aliphatic heterocycles. The van der Waals surface area contributed by atoms with Gasteiger partial charge in [-0.2, -0.15) is 0 Å². The van der Waals surface area contributed by atoms with E-state index in [0.717, 1.165) is 17.9 Å². The number of para-hydroxylation sites is 1. The molecule has 2 rings (SSSR count). The van der Waals surface area contributed by atoms with Gasteiger partial charge in [-0.15, -0.1) is 11.8 Å². The molecule has 0 amide bonds. The molecule has 1 atom stereocenters. The second-order valence-electron chi connectivity index (χ2n) is 3.07. The van der Waals surface area contributed by atoms with Crippen LogP contribution in [-0.4, -0.2) is 18.4 Å². The Hall–Kier alpha value is -0.670. The molecule has 0 saturated heterocycles. The Morgan fingerprint density at radius 1 is 1.46 bits per heavy atom. The van der Waals surface area contributed by atoms with Gasteiger partial charge in [-0.25, -0.2) is 0 Å². The number of rotatable bonds is 2. The van der Waals surface area contributed by atoms with E-state index in [9.17, 15) is 0 Å². The minimum Gasteiger partial charge on any atom is -0.488 e. The van der Waals surface area contributed by atoms with E-state index < -0.39 is 0 Å².